The molecule has 0 aliphatic heterocycles. The summed E-state index contributed by atoms with van der Waals surface area (Å²) in [5, 5.41) is 0. The van der Waals surface area contributed by atoms with E-state index in [1.54, 1.807) is 19.1 Å². The number of anilines is 1. The zero-order valence-electron chi connectivity index (χ0n) is 13.0. The molecule has 1 aromatic heterocycles. The molecule has 0 radical (unpaired) electrons. The van der Waals surface area contributed by atoms with Crippen LogP contribution in [-0.4, -0.2) is 27.9 Å². The number of ketones is 1. The quantitative estimate of drug-likeness (QED) is 0.324. The van der Waals surface area contributed by atoms with E-state index in [0.29, 0.717) is 6.42 Å². The number of rotatable bonds is 7. The summed E-state index contributed by atoms with van der Waals surface area (Å²) in [6.07, 6.45) is 6.52. The summed E-state index contributed by atoms with van der Waals surface area (Å²) in [4.78, 5) is 48.9. The van der Waals surface area contributed by atoms with Gasteiger partial charge >= 0.3 is 11.7 Å². The number of allylic oxidation sites excluding steroid dienone is 3. The van der Waals surface area contributed by atoms with Gasteiger partial charge in [-0.2, -0.15) is 0 Å². The van der Waals surface area contributed by atoms with Gasteiger partial charge in [-0.05, 0) is 13.3 Å². The van der Waals surface area contributed by atoms with Crippen LogP contribution >= 0.6 is 0 Å². The largest absolute Gasteiger partial charge is 0.454 e. The molecular weight excluding hydrogens is 302 g/mol. The second-order valence-corrected chi connectivity index (χ2v) is 4.59. The maximum Gasteiger partial charge on any atom is 0.331 e. The lowest BCUT2D eigenvalue weighted by Crippen LogP contribution is -2.37. The summed E-state index contributed by atoms with van der Waals surface area (Å²) in [6, 6.07) is 0. The van der Waals surface area contributed by atoms with Gasteiger partial charge in [0.15, 0.2) is 6.61 Å². The van der Waals surface area contributed by atoms with Crippen molar-refractivity contribution in [1.29, 1.82) is 0 Å². The normalized spacial score (nSPS) is 11.2. The standard InChI is InChI=1S/C15H19N3O5/c1-3-5-6-7-11(20)23-9-10(19)12-13(16)18(8-4-2)15(22)17-14(12)21/h3,5-7H,4,8-9,16H2,1-2H3,(H,17,21,22)/b5-3+,7-6+. The fraction of sp³-hybridized carbons (Fsp3) is 0.333. The Morgan fingerprint density at radius 1 is 1.30 bits per heavy atom. The number of aromatic nitrogens is 2. The number of aromatic amines is 1. The molecule has 1 aromatic rings. The average molecular weight is 321 g/mol. The van der Waals surface area contributed by atoms with Crippen molar-refractivity contribution in [1.82, 2.24) is 9.55 Å². The van der Waals surface area contributed by atoms with Gasteiger partial charge in [0.2, 0.25) is 5.78 Å². The SMILES string of the molecule is C/C=C/C=C/C(=O)OCC(=O)c1c(N)n(CCC)c(=O)[nH]c1=O. The Morgan fingerprint density at radius 2 is 2.00 bits per heavy atom. The molecule has 0 unspecified atom stereocenters. The minimum atomic E-state index is -0.898. The Morgan fingerprint density at radius 3 is 2.61 bits per heavy atom. The molecule has 0 aromatic carbocycles. The molecule has 0 spiro atoms. The molecule has 23 heavy (non-hydrogen) atoms. The van der Waals surface area contributed by atoms with Crippen LogP contribution in [0.25, 0.3) is 0 Å². The van der Waals surface area contributed by atoms with Gasteiger partial charge < -0.3 is 10.5 Å². The topological polar surface area (TPSA) is 124 Å². The van der Waals surface area contributed by atoms with E-state index >= 15 is 0 Å². The van der Waals surface area contributed by atoms with Gasteiger partial charge in [-0.1, -0.05) is 25.2 Å². The first kappa shape index (κ1) is 18.1. The molecule has 3 N–H and O–H groups in total. The number of nitrogen functional groups attached to an aromatic ring is 1. The first-order chi connectivity index (χ1) is 10.9. The molecule has 1 heterocycles. The Kier molecular flexibility index (Phi) is 6.72. The van der Waals surface area contributed by atoms with Crippen LogP contribution in [0.5, 0.6) is 0 Å². The Labute approximate surface area is 132 Å². The van der Waals surface area contributed by atoms with E-state index in [1.807, 2.05) is 11.9 Å². The van der Waals surface area contributed by atoms with Crippen LogP contribution in [0.4, 0.5) is 5.82 Å². The fourth-order valence-corrected chi connectivity index (χ4v) is 1.81. The van der Waals surface area contributed by atoms with Crippen LogP contribution in [0.1, 0.15) is 30.6 Å². The number of hydrogen-bond donors (Lipinski definition) is 2. The molecule has 8 nitrogen and oxygen atoms in total. The number of ether oxygens (including phenoxy) is 1. The minimum Gasteiger partial charge on any atom is -0.454 e. The monoisotopic (exact) mass is 321 g/mol. The molecule has 8 heteroatoms. The van der Waals surface area contributed by atoms with E-state index < -0.39 is 29.6 Å². The van der Waals surface area contributed by atoms with Crippen LogP contribution in [-0.2, 0) is 16.1 Å². The Balaban J connectivity index is 2.96. The van der Waals surface area contributed by atoms with Crippen molar-refractivity contribution in [2.75, 3.05) is 12.3 Å². The van der Waals surface area contributed by atoms with Crippen LogP contribution in [0.2, 0.25) is 0 Å². The summed E-state index contributed by atoms with van der Waals surface area (Å²) in [6.45, 7) is 3.21. The number of hydrogen-bond acceptors (Lipinski definition) is 6. The molecule has 1 rings (SSSR count). The maximum atomic E-state index is 12.1. The van der Waals surface area contributed by atoms with Gasteiger partial charge in [-0.3, -0.25) is 19.1 Å². The lowest BCUT2D eigenvalue weighted by atomic mass is 10.2. The summed E-state index contributed by atoms with van der Waals surface area (Å²) in [5.74, 6) is -1.74. The molecule has 0 atom stereocenters. The highest BCUT2D eigenvalue weighted by atomic mass is 16.5. The number of carbonyl (C=O) groups is 2. The number of esters is 1. The minimum absolute atomic E-state index is 0.230. The predicted molar refractivity (Wildman–Crippen MR) is 85.3 cm³/mol. The van der Waals surface area contributed by atoms with Crippen molar-refractivity contribution in [3.63, 3.8) is 0 Å². The molecule has 0 saturated heterocycles. The number of H-pyrrole nitrogens is 1. The molecule has 0 saturated carbocycles. The molecule has 0 bridgehead atoms. The van der Waals surface area contributed by atoms with Gasteiger partial charge in [-0.25, -0.2) is 9.59 Å². The maximum absolute atomic E-state index is 12.1. The number of nitrogens with one attached hydrogen (secondary N) is 1. The van der Waals surface area contributed by atoms with Crippen molar-refractivity contribution >= 4 is 17.6 Å². The van der Waals surface area contributed by atoms with Crippen molar-refractivity contribution in [3.05, 3.63) is 50.7 Å². The summed E-state index contributed by atoms with van der Waals surface area (Å²) in [7, 11) is 0. The van der Waals surface area contributed by atoms with Gasteiger partial charge in [0.05, 0.1) is 0 Å². The van der Waals surface area contributed by atoms with Gasteiger partial charge in [0.1, 0.15) is 11.4 Å². The predicted octanol–water partition coefficient (Wildman–Crippen LogP) is 0.387. The zero-order valence-corrected chi connectivity index (χ0v) is 13.0. The lowest BCUT2D eigenvalue weighted by Gasteiger charge is -2.10. The van der Waals surface area contributed by atoms with Crippen LogP contribution < -0.4 is 17.0 Å². The van der Waals surface area contributed by atoms with E-state index in [9.17, 15) is 19.2 Å². The third kappa shape index (κ3) is 4.80. The van der Waals surface area contributed by atoms with E-state index in [-0.39, 0.29) is 17.9 Å². The second-order valence-electron chi connectivity index (χ2n) is 4.59. The third-order valence-corrected chi connectivity index (χ3v) is 2.85. The van der Waals surface area contributed by atoms with Gasteiger partial charge in [-0.15, -0.1) is 0 Å². The Bertz CT molecular complexity index is 755. The summed E-state index contributed by atoms with van der Waals surface area (Å²) in [5.41, 5.74) is 3.77. The smallest absolute Gasteiger partial charge is 0.331 e. The molecule has 0 fully saturated rings. The van der Waals surface area contributed by atoms with Crippen LogP contribution in [0.3, 0.4) is 0 Å². The fourth-order valence-electron chi connectivity index (χ4n) is 1.81. The van der Waals surface area contributed by atoms with Crippen molar-refractivity contribution < 1.29 is 14.3 Å². The van der Waals surface area contributed by atoms with E-state index in [2.05, 4.69) is 0 Å². The average Bonchev–Trinajstić information content (AvgIpc) is 2.49. The van der Waals surface area contributed by atoms with E-state index in [4.69, 9.17) is 10.5 Å². The third-order valence-electron chi connectivity index (χ3n) is 2.85. The van der Waals surface area contributed by atoms with Gasteiger partial charge in [0, 0.05) is 12.6 Å². The lowest BCUT2D eigenvalue weighted by molar-refractivity contribution is -0.136. The van der Waals surface area contributed by atoms with Gasteiger partial charge in [0.25, 0.3) is 5.56 Å². The second kappa shape index (κ2) is 8.52. The van der Waals surface area contributed by atoms with Crippen LogP contribution in [0, 0.1) is 0 Å². The number of carbonyl (C=O) groups excluding carboxylic acids is 2. The first-order valence-electron chi connectivity index (χ1n) is 7.04. The van der Waals surface area contributed by atoms with Crippen molar-refractivity contribution in [2.45, 2.75) is 26.8 Å². The highest BCUT2D eigenvalue weighted by Gasteiger charge is 2.20. The van der Waals surface area contributed by atoms with E-state index in [1.165, 1.54) is 6.08 Å². The molecule has 0 aliphatic carbocycles. The number of Topliss-reactive ketones (excluding diaryl/α,β-unsaturated/α-hetero) is 1. The van der Waals surface area contributed by atoms with Crippen molar-refractivity contribution in [3.8, 4) is 0 Å². The van der Waals surface area contributed by atoms with Crippen molar-refractivity contribution in [2.24, 2.45) is 0 Å². The summed E-state index contributed by atoms with van der Waals surface area (Å²) < 4.78 is 5.84. The van der Waals surface area contributed by atoms with Crippen LogP contribution in [0.15, 0.2) is 33.9 Å². The molecule has 0 aliphatic rings. The van der Waals surface area contributed by atoms with E-state index in [0.717, 1.165) is 10.6 Å². The first-order valence-corrected chi connectivity index (χ1v) is 7.04. The summed E-state index contributed by atoms with van der Waals surface area (Å²) >= 11 is 0. The highest BCUT2D eigenvalue weighted by Crippen LogP contribution is 2.06. The molecule has 124 valence electrons. The Hall–Kier alpha value is -2.90. The number of nitrogens with zero attached hydrogens (tertiary/aromatic N) is 1. The molecule has 0 amide bonds. The molecular formula is C15H19N3O5. The number of nitrogens with two attached hydrogens (primary N) is 1. The highest BCUT2D eigenvalue weighted by molar-refractivity contribution is 6.01. The zero-order chi connectivity index (χ0) is 17.4.